The molecule has 15 heavy (non-hydrogen) atoms. The van der Waals surface area contributed by atoms with Gasteiger partial charge in [-0.3, -0.25) is 0 Å². The number of hydrogen-bond donors (Lipinski definition) is 1. The van der Waals surface area contributed by atoms with Gasteiger partial charge in [-0.1, -0.05) is 30.3 Å². The third kappa shape index (κ3) is 1.25. The van der Waals surface area contributed by atoms with E-state index in [1.807, 2.05) is 6.07 Å². The van der Waals surface area contributed by atoms with Crippen LogP contribution in [0.5, 0.6) is 0 Å². The Morgan fingerprint density at radius 1 is 1.40 bits per heavy atom. The van der Waals surface area contributed by atoms with E-state index in [0.29, 0.717) is 11.8 Å². The maximum atomic E-state index is 10.9. The molecule has 78 valence electrons. The highest BCUT2D eigenvalue weighted by Crippen LogP contribution is 2.61. The van der Waals surface area contributed by atoms with Crippen molar-refractivity contribution in [2.75, 3.05) is 13.1 Å². The van der Waals surface area contributed by atoms with Gasteiger partial charge in [0.05, 0.1) is 0 Å². The van der Waals surface area contributed by atoms with Gasteiger partial charge in [-0.25, -0.2) is 0 Å². The van der Waals surface area contributed by atoms with Crippen molar-refractivity contribution in [3.8, 4) is 0 Å². The summed E-state index contributed by atoms with van der Waals surface area (Å²) < 4.78 is 0. The fraction of sp³-hybridized carbons (Fsp3) is 0.462. The summed E-state index contributed by atoms with van der Waals surface area (Å²) in [6.07, 6.45) is 2.21. The molecule has 1 heterocycles. The molecule has 1 aromatic rings. The molecular formula is C13H15NO. The van der Waals surface area contributed by atoms with Crippen molar-refractivity contribution in [2.24, 2.45) is 17.3 Å². The molecule has 2 fully saturated rings. The molecule has 3 atom stereocenters. The van der Waals surface area contributed by atoms with Crippen molar-refractivity contribution in [1.29, 1.82) is 0 Å². The van der Waals surface area contributed by atoms with Crippen LogP contribution in [0.2, 0.25) is 0 Å². The number of fused-ring (bicyclic) bond motifs is 1. The molecule has 1 aliphatic carbocycles. The van der Waals surface area contributed by atoms with Crippen LogP contribution >= 0.6 is 0 Å². The summed E-state index contributed by atoms with van der Waals surface area (Å²) in [5.74, 6) is 0.897. The van der Waals surface area contributed by atoms with E-state index in [9.17, 15) is 4.79 Å². The Bertz CT molecular complexity index is 375. The van der Waals surface area contributed by atoms with Crippen LogP contribution in [-0.2, 0) is 11.2 Å². The Kier molecular flexibility index (Phi) is 1.93. The number of hydrogen-bond acceptors (Lipinski definition) is 2. The lowest BCUT2D eigenvalue weighted by Gasteiger charge is -2.12. The standard InChI is InChI=1S/C13H15NO/c15-8-12-11-7-14-9-13(11,12)6-10-4-2-1-3-5-10/h1-5,8,11-12,14H,6-7,9H2/t11-,12-,13-/m0/s1. The van der Waals surface area contributed by atoms with Crippen molar-refractivity contribution in [3.63, 3.8) is 0 Å². The average molecular weight is 201 g/mol. The fourth-order valence-electron chi connectivity index (χ4n) is 3.17. The van der Waals surface area contributed by atoms with Crippen LogP contribution < -0.4 is 5.32 Å². The minimum Gasteiger partial charge on any atom is -0.316 e. The summed E-state index contributed by atoms with van der Waals surface area (Å²) in [6.45, 7) is 2.03. The SMILES string of the molecule is O=C[C@H]1[C@@H]2CNC[C@]12Cc1ccccc1. The van der Waals surface area contributed by atoms with E-state index in [2.05, 4.69) is 29.6 Å². The second kappa shape index (κ2) is 3.17. The van der Waals surface area contributed by atoms with Crippen molar-refractivity contribution in [2.45, 2.75) is 6.42 Å². The normalized spacial score (nSPS) is 37.3. The third-order valence-corrected chi connectivity index (χ3v) is 4.07. The van der Waals surface area contributed by atoms with Gasteiger partial charge in [0.25, 0.3) is 0 Å². The highest BCUT2D eigenvalue weighted by atomic mass is 16.1. The number of rotatable bonds is 3. The van der Waals surface area contributed by atoms with E-state index in [4.69, 9.17) is 0 Å². The van der Waals surface area contributed by atoms with Gasteiger partial charge in [0.1, 0.15) is 6.29 Å². The van der Waals surface area contributed by atoms with Crippen molar-refractivity contribution in [3.05, 3.63) is 35.9 Å². The number of carbonyl (C=O) groups is 1. The van der Waals surface area contributed by atoms with Gasteiger partial charge in [-0.15, -0.1) is 0 Å². The van der Waals surface area contributed by atoms with Gasteiger partial charge in [-0.2, -0.15) is 0 Å². The molecule has 1 saturated heterocycles. The molecule has 1 aliphatic heterocycles. The topological polar surface area (TPSA) is 29.1 Å². The van der Waals surface area contributed by atoms with Crippen LogP contribution in [0.1, 0.15) is 5.56 Å². The van der Waals surface area contributed by atoms with Crippen molar-refractivity contribution >= 4 is 6.29 Å². The predicted molar refractivity (Wildman–Crippen MR) is 58.5 cm³/mol. The van der Waals surface area contributed by atoms with Crippen LogP contribution in [0, 0.1) is 17.3 Å². The minimum atomic E-state index is 0.253. The highest BCUT2D eigenvalue weighted by Gasteiger charge is 2.66. The number of carbonyl (C=O) groups excluding carboxylic acids is 1. The number of benzene rings is 1. The summed E-state index contributed by atoms with van der Waals surface area (Å²) in [5.41, 5.74) is 1.61. The van der Waals surface area contributed by atoms with Gasteiger partial charge >= 0.3 is 0 Å². The Balaban J connectivity index is 1.81. The smallest absolute Gasteiger partial charge is 0.124 e. The zero-order valence-electron chi connectivity index (χ0n) is 8.65. The first kappa shape index (κ1) is 9.10. The lowest BCUT2D eigenvalue weighted by molar-refractivity contribution is -0.109. The van der Waals surface area contributed by atoms with Gasteiger partial charge in [0, 0.05) is 17.9 Å². The quantitative estimate of drug-likeness (QED) is 0.746. The molecule has 0 amide bonds. The van der Waals surface area contributed by atoms with Crippen LogP contribution in [0.15, 0.2) is 30.3 Å². The van der Waals surface area contributed by atoms with Crippen LogP contribution in [-0.4, -0.2) is 19.4 Å². The molecule has 3 rings (SSSR count). The van der Waals surface area contributed by atoms with Crippen LogP contribution in [0.25, 0.3) is 0 Å². The molecule has 1 N–H and O–H groups in total. The molecule has 2 aliphatic rings. The van der Waals surface area contributed by atoms with E-state index in [0.717, 1.165) is 25.8 Å². The van der Waals surface area contributed by atoms with Gasteiger partial charge in [0.15, 0.2) is 0 Å². The summed E-state index contributed by atoms with van der Waals surface area (Å²) in [5, 5.41) is 3.39. The zero-order valence-corrected chi connectivity index (χ0v) is 8.65. The molecule has 0 spiro atoms. The highest BCUT2D eigenvalue weighted by molar-refractivity contribution is 5.63. The monoisotopic (exact) mass is 201 g/mol. The van der Waals surface area contributed by atoms with E-state index in [-0.39, 0.29) is 5.41 Å². The summed E-state index contributed by atoms with van der Waals surface area (Å²) in [6, 6.07) is 10.5. The second-order valence-electron chi connectivity index (χ2n) is 4.79. The van der Waals surface area contributed by atoms with E-state index in [1.165, 1.54) is 5.56 Å². The van der Waals surface area contributed by atoms with E-state index < -0.39 is 0 Å². The molecule has 1 saturated carbocycles. The van der Waals surface area contributed by atoms with Gasteiger partial charge in [-0.05, 0) is 24.4 Å². The summed E-state index contributed by atoms with van der Waals surface area (Å²) in [7, 11) is 0. The summed E-state index contributed by atoms with van der Waals surface area (Å²) in [4.78, 5) is 10.9. The predicted octanol–water partition coefficient (Wildman–Crippen LogP) is 1.26. The average Bonchev–Trinajstić information content (AvgIpc) is 2.65. The maximum absolute atomic E-state index is 10.9. The zero-order chi connectivity index (χ0) is 10.3. The first-order valence-electron chi connectivity index (χ1n) is 5.57. The first-order chi connectivity index (χ1) is 7.37. The van der Waals surface area contributed by atoms with Crippen molar-refractivity contribution < 1.29 is 4.79 Å². The summed E-state index contributed by atoms with van der Waals surface area (Å²) >= 11 is 0. The molecule has 1 aromatic carbocycles. The second-order valence-corrected chi connectivity index (χ2v) is 4.79. The third-order valence-electron chi connectivity index (χ3n) is 4.07. The lowest BCUT2D eigenvalue weighted by Crippen LogP contribution is -2.22. The Hall–Kier alpha value is -1.15. The largest absolute Gasteiger partial charge is 0.316 e. The molecule has 0 bridgehead atoms. The maximum Gasteiger partial charge on any atom is 0.124 e. The lowest BCUT2D eigenvalue weighted by atomic mass is 9.94. The molecule has 0 radical (unpaired) electrons. The van der Waals surface area contributed by atoms with Gasteiger partial charge in [0.2, 0.25) is 0 Å². The molecule has 0 aromatic heterocycles. The Labute approximate surface area is 89.7 Å². The van der Waals surface area contributed by atoms with Crippen molar-refractivity contribution in [1.82, 2.24) is 5.32 Å². The Morgan fingerprint density at radius 3 is 2.87 bits per heavy atom. The van der Waals surface area contributed by atoms with E-state index in [1.54, 1.807) is 0 Å². The van der Waals surface area contributed by atoms with Crippen LogP contribution in [0.3, 0.4) is 0 Å². The molecule has 0 unspecified atom stereocenters. The molecule has 2 heteroatoms. The Morgan fingerprint density at radius 2 is 2.20 bits per heavy atom. The molecule has 2 nitrogen and oxygen atoms in total. The van der Waals surface area contributed by atoms with Crippen LogP contribution in [0.4, 0.5) is 0 Å². The number of nitrogens with one attached hydrogen (secondary N) is 1. The van der Waals surface area contributed by atoms with E-state index >= 15 is 0 Å². The fourth-order valence-corrected chi connectivity index (χ4v) is 3.17. The van der Waals surface area contributed by atoms with Gasteiger partial charge < -0.3 is 10.1 Å². The molecular weight excluding hydrogens is 186 g/mol. The minimum absolute atomic E-state index is 0.253. The number of aldehydes is 1. The first-order valence-corrected chi connectivity index (χ1v) is 5.57. The number of piperidine rings is 1.